The van der Waals surface area contributed by atoms with E-state index in [0.717, 1.165) is 4.47 Å². The third-order valence-electron chi connectivity index (χ3n) is 3.14. The van der Waals surface area contributed by atoms with Crippen LogP contribution in [0.5, 0.6) is 0 Å². The van der Waals surface area contributed by atoms with E-state index in [1.165, 1.54) is 6.92 Å². The number of rotatable bonds is 6. The van der Waals surface area contributed by atoms with E-state index in [2.05, 4.69) is 15.9 Å². The molecule has 23 heavy (non-hydrogen) atoms. The van der Waals surface area contributed by atoms with Crippen molar-refractivity contribution in [2.75, 3.05) is 6.54 Å². The van der Waals surface area contributed by atoms with E-state index < -0.39 is 40.7 Å². The number of hydrogen-bond acceptors (Lipinski definition) is 5. The number of Topliss-reactive ketones (excluding diaryl/α,β-unsaturated/α-hetero) is 1. The van der Waals surface area contributed by atoms with Crippen molar-refractivity contribution in [2.24, 2.45) is 5.92 Å². The lowest BCUT2D eigenvalue weighted by atomic mass is 9.83. The van der Waals surface area contributed by atoms with Crippen LogP contribution in [0, 0.1) is 16.0 Å². The molecular weight excluding hydrogens is 366 g/mol. The molecule has 0 N–H and O–H groups in total. The molecule has 0 aliphatic heterocycles. The predicted octanol–water partition coefficient (Wildman–Crippen LogP) is 3.36. The average molecular weight is 386 g/mol. The van der Waals surface area contributed by atoms with Crippen molar-refractivity contribution in [3.8, 4) is 0 Å². The van der Waals surface area contributed by atoms with E-state index in [-0.39, 0.29) is 0 Å². The van der Waals surface area contributed by atoms with Gasteiger partial charge in [0.15, 0.2) is 0 Å². The van der Waals surface area contributed by atoms with Crippen LogP contribution in [-0.2, 0) is 14.3 Å². The molecule has 7 heteroatoms. The molecule has 0 bridgehead atoms. The van der Waals surface area contributed by atoms with Crippen molar-refractivity contribution in [2.45, 2.75) is 39.2 Å². The van der Waals surface area contributed by atoms with Gasteiger partial charge in [-0.25, -0.2) is 0 Å². The second kappa shape index (κ2) is 7.68. The monoisotopic (exact) mass is 385 g/mol. The summed E-state index contributed by atoms with van der Waals surface area (Å²) in [7, 11) is 0. The first kappa shape index (κ1) is 19.3. The van der Waals surface area contributed by atoms with Crippen molar-refractivity contribution in [1.82, 2.24) is 0 Å². The van der Waals surface area contributed by atoms with Gasteiger partial charge in [0.25, 0.3) is 0 Å². The molecule has 1 aromatic carbocycles. The smallest absolute Gasteiger partial charge is 0.317 e. The van der Waals surface area contributed by atoms with Crippen LogP contribution in [-0.4, -0.2) is 28.8 Å². The molecule has 0 aromatic heterocycles. The number of ketones is 1. The van der Waals surface area contributed by atoms with Crippen LogP contribution >= 0.6 is 15.9 Å². The Morgan fingerprint density at radius 3 is 2.17 bits per heavy atom. The fourth-order valence-corrected chi connectivity index (χ4v) is 2.52. The minimum absolute atomic E-state index is 0.450. The minimum Gasteiger partial charge on any atom is -0.459 e. The van der Waals surface area contributed by atoms with Crippen molar-refractivity contribution >= 4 is 27.7 Å². The van der Waals surface area contributed by atoms with Crippen LogP contribution in [0.2, 0.25) is 0 Å². The van der Waals surface area contributed by atoms with Gasteiger partial charge in [-0.15, -0.1) is 0 Å². The molecule has 2 atom stereocenters. The Morgan fingerprint density at radius 1 is 1.26 bits per heavy atom. The molecule has 0 radical (unpaired) electrons. The number of nitrogens with zero attached hydrogens (tertiary/aromatic N) is 1. The zero-order valence-corrected chi connectivity index (χ0v) is 15.1. The summed E-state index contributed by atoms with van der Waals surface area (Å²) in [5.74, 6) is -3.26. The van der Waals surface area contributed by atoms with Gasteiger partial charge in [-0.2, -0.15) is 0 Å². The first-order valence-corrected chi connectivity index (χ1v) is 7.91. The Bertz CT molecular complexity index is 591. The second-order valence-corrected chi connectivity index (χ2v) is 7.21. The Hall–Kier alpha value is -1.76. The third kappa shape index (κ3) is 6.09. The van der Waals surface area contributed by atoms with E-state index in [1.807, 2.05) is 0 Å². The van der Waals surface area contributed by atoms with Crippen LogP contribution in [0.3, 0.4) is 0 Å². The molecule has 6 nitrogen and oxygen atoms in total. The maximum atomic E-state index is 12.4. The van der Waals surface area contributed by atoms with Gasteiger partial charge in [-0.1, -0.05) is 28.1 Å². The number of carbonyl (C=O) groups is 2. The number of nitro groups is 1. The summed E-state index contributed by atoms with van der Waals surface area (Å²) in [6.45, 7) is 5.78. The first-order valence-electron chi connectivity index (χ1n) is 7.12. The molecule has 0 saturated carbocycles. The van der Waals surface area contributed by atoms with Gasteiger partial charge in [0.05, 0.1) is 5.92 Å². The van der Waals surface area contributed by atoms with Gasteiger partial charge in [0.2, 0.25) is 6.54 Å². The maximum Gasteiger partial charge on any atom is 0.317 e. The molecular formula is C16H20BrNO5. The summed E-state index contributed by atoms with van der Waals surface area (Å²) < 4.78 is 6.08. The van der Waals surface area contributed by atoms with E-state index in [4.69, 9.17) is 4.74 Å². The van der Waals surface area contributed by atoms with Gasteiger partial charge in [0, 0.05) is 9.40 Å². The molecule has 0 aliphatic rings. The molecule has 0 spiro atoms. The molecule has 0 amide bonds. The highest BCUT2D eigenvalue weighted by atomic mass is 79.9. The van der Waals surface area contributed by atoms with Crippen molar-refractivity contribution in [3.05, 3.63) is 44.4 Å². The van der Waals surface area contributed by atoms with Crippen molar-refractivity contribution < 1.29 is 19.2 Å². The Balaban J connectivity index is 3.23. The number of hydrogen-bond donors (Lipinski definition) is 0. The third-order valence-corrected chi connectivity index (χ3v) is 3.67. The van der Waals surface area contributed by atoms with E-state index in [9.17, 15) is 19.7 Å². The molecule has 1 rings (SSSR count). The Kier molecular flexibility index (Phi) is 6.44. The maximum absolute atomic E-state index is 12.4. The normalized spacial score (nSPS) is 14.0. The summed E-state index contributed by atoms with van der Waals surface area (Å²) in [5, 5.41) is 11.0. The summed E-state index contributed by atoms with van der Waals surface area (Å²) >= 11 is 3.29. The SMILES string of the molecule is CC(=O)C(C(=O)OC(C)(C)C)[C@H](C[N+](=O)[O-])c1ccc(Br)cc1. The molecule has 0 fully saturated rings. The topological polar surface area (TPSA) is 86.5 Å². The zero-order chi connectivity index (χ0) is 17.8. The van der Waals surface area contributed by atoms with Crippen LogP contribution in [0.15, 0.2) is 28.7 Å². The standard InChI is InChI=1S/C16H20BrNO5/c1-10(19)14(15(20)23-16(2,3)4)13(9-18(21)22)11-5-7-12(17)8-6-11/h5-8,13-14H,9H2,1-4H3/t13-,14?/m1/s1. The highest BCUT2D eigenvalue weighted by Crippen LogP contribution is 2.29. The van der Waals surface area contributed by atoms with Crippen molar-refractivity contribution in [3.63, 3.8) is 0 Å². The number of halogens is 1. The summed E-state index contributed by atoms with van der Waals surface area (Å²) in [5.41, 5.74) is -0.222. The predicted molar refractivity (Wildman–Crippen MR) is 88.8 cm³/mol. The minimum atomic E-state index is -1.21. The molecule has 1 aromatic rings. The molecule has 1 unspecified atom stereocenters. The van der Waals surface area contributed by atoms with Crippen LogP contribution in [0.25, 0.3) is 0 Å². The first-order chi connectivity index (χ1) is 10.5. The average Bonchev–Trinajstić information content (AvgIpc) is 2.35. The second-order valence-electron chi connectivity index (χ2n) is 6.30. The number of ether oxygens (including phenoxy) is 1. The molecule has 0 heterocycles. The highest BCUT2D eigenvalue weighted by Gasteiger charge is 2.39. The summed E-state index contributed by atoms with van der Waals surface area (Å²) in [4.78, 5) is 34.9. The fourth-order valence-electron chi connectivity index (χ4n) is 2.25. The Labute approximate surface area is 143 Å². The highest BCUT2D eigenvalue weighted by molar-refractivity contribution is 9.10. The van der Waals surface area contributed by atoms with Gasteiger partial charge in [-0.05, 0) is 45.4 Å². The van der Waals surface area contributed by atoms with E-state index >= 15 is 0 Å². The van der Waals surface area contributed by atoms with E-state index in [1.54, 1.807) is 45.0 Å². The number of esters is 1. The fraction of sp³-hybridized carbons (Fsp3) is 0.500. The number of carbonyl (C=O) groups excluding carboxylic acids is 2. The summed E-state index contributed by atoms with van der Waals surface area (Å²) in [6.07, 6.45) is 0. The lowest BCUT2D eigenvalue weighted by Crippen LogP contribution is -2.37. The molecule has 126 valence electrons. The summed E-state index contributed by atoms with van der Waals surface area (Å²) in [6, 6.07) is 6.76. The van der Waals surface area contributed by atoms with Crippen LogP contribution in [0.1, 0.15) is 39.2 Å². The van der Waals surface area contributed by atoms with Crippen LogP contribution < -0.4 is 0 Å². The molecule has 0 aliphatic carbocycles. The number of benzene rings is 1. The van der Waals surface area contributed by atoms with Gasteiger partial charge < -0.3 is 4.74 Å². The van der Waals surface area contributed by atoms with Gasteiger partial charge in [-0.3, -0.25) is 19.7 Å². The Morgan fingerprint density at radius 2 is 1.78 bits per heavy atom. The quantitative estimate of drug-likeness (QED) is 0.324. The largest absolute Gasteiger partial charge is 0.459 e. The zero-order valence-electron chi connectivity index (χ0n) is 13.5. The van der Waals surface area contributed by atoms with E-state index in [0.29, 0.717) is 5.56 Å². The van der Waals surface area contributed by atoms with Gasteiger partial charge >= 0.3 is 5.97 Å². The lowest BCUT2D eigenvalue weighted by Gasteiger charge is -2.26. The van der Waals surface area contributed by atoms with Crippen molar-refractivity contribution in [1.29, 1.82) is 0 Å². The molecule has 0 saturated heterocycles. The van der Waals surface area contributed by atoms with Crippen LogP contribution in [0.4, 0.5) is 0 Å². The van der Waals surface area contributed by atoms with Gasteiger partial charge in [0.1, 0.15) is 17.3 Å². The lowest BCUT2D eigenvalue weighted by molar-refractivity contribution is -0.484.